The number of esters is 1. The molecule has 146 valence electrons. The van der Waals surface area contributed by atoms with Crippen LogP contribution in [0.4, 0.5) is 0 Å². The zero-order valence-electron chi connectivity index (χ0n) is 15.8. The maximum absolute atomic E-state index is 13.3. The minimum atomic E-state index is -0.959. The van der Waals surface area contributed by atoms with Crippen molar-refractivity contribution in [3.05, 3.63) is 51.3 Å². The van der Waals surface area contributed by atoms with Gasteiger partial charge in [-0.2, -0.15) is 5.10 Å². The van der Waals surface area contributed by atoms with Crippen molar-refractivity contribution >= 4 is 35.1 Å². The molecule has 0 bridgehead atoms. The average molecular weight is 412 g/mol. The molecule has 0 saturated carbocycles. The van der Waals surface area contributed by atoms with Crippen LogP contribution >= 0.6 is 23.2 Å². The van der Waals surface area contributed by atoms with Crippen molar-refractivity contribution < 1.29 is 14.3 Å². The van der Waals surface area contributed by atoms with E-state index in [0.29, 0.717) is 34.4 Å². The molecule has 2 rings (SSSR count). The number of nitrogens with zero attached hydrogens (tertiary/aromatic N) is 3. The van der Waals surface area contributed by atoms with Crippen molar-refractivity contribution in [1.82, 2.24) is 14.7 Å². The predicted molar refractivity (Wildman–Crippen MR) is 105 cm³/mol. The lowest BCUT2D eigenvalue weighted by atomic mass is 10.0. The maximum Gasteiger partial charge on any atom is 0.333 e. The van der Waals surface area contributed by atoms with E-state index in [4.69, 9.17) is 27.9 Å². The van der Waals surface area contributed by atoms with E-state index >= 15 is 0 Å². The fourth-order valence-corrected chi connectivity index (χ4v) is 3.49. The Kier molecular flexibility index (Phi) is 7.27. The summed E-state index contributed by atoms with van der Waals surface area (Å²) >= 11 is 12.2. The summed E-state index contributed by atoms with van der Waals surface area (Å²) in [5.41, 5.74) is 1.65. The summed E-state index contributed by atoms with van der Waals surface area (Å²) in [6.45, 7) is 8.27. The van der Waals surface area contributed by atoms with E-state index in [9.17, 15) is 9.59 Å². The van der Waals surface area contributed by atoms with E-state index in [0.717, 1.165) is 5.69 Å². The number of hydrogen-bond acceptors (Lipinski definition) is 4. The van der Waals surface area contributed by atoms with Gasteiger partial charge in [0, 0.05) is 23.1 Å². The fourth-order valence-electron chi connectivity index (χ4n) is 2.95. The topological polar surface area (TPSA) is 64.4 Å². The monoisotopic (exact) mass is 411 g/mol. The average Bonchev–Trinajstić information content (AvgIpc) is 2.99. The Hall–Kier alpha value is -2.05. The van der Waals surface area contributed by atoms with E-state index < -0.39 is 12.0 Å². The smallest absolute Gasteiger partial charge is 0.333 e. The van der Waals surface area contributed by atoms with Gasteiger partial charge in [0.05, 0.1) is 12.3 Å². The van der Waals surface area contributed by atoms with Crippen molar-refractivity contribution in [2.75, 3.05) is 13.2 Å². The van der Waals surface area contributed by atoms with Crippen LogP contribution in [0.1, 0.15) is 48.6 Å². The first-order valence-electron chi connectivity index (χ1n) is 8.80. The highest BCUT2D eigenvalue weighted by Gasteiger charge is 2.34. The van der Waals surface area contributed by atoms with Crippen molar-refractivity contribution in [1.29, 1.82) is 0 Å². The molecule has 1 amide bonds. The van der Waals surface area contributed by atoms with Gasteiger partial charge in [-0.1, -0.05) is 23.2 Å². The molecule has 1 atom stereocenters. The van der Waals surface area contributed by atoms with Gasteiger partial charge < -0.3 is 9.64 Å². The Labute approximate surface area is 169 Å². The molecule has 0 aliphatic rings. The van der Waals surface area contributed by atoms with Gasteiger partial charge in [-0.3, -0.25) is 9.48 Å². The quantitative estimate of drug-likeness (QED) is 0.637. The third kappa shape index (κ3) is 4.82. The Morgan fingerprint density at radius 3 is 2.30 bits per heavy atom. The maximum atomic E-state index is 13.3. The number of carbonyl (C=O) groups is 2. The highest BCUT2D eigenvalue weighted by molar-refractivity contribution is 6.34. The summed E-state index contributed by atoms with van der Waals surface area (Å²) in [5, 5.41) is 5.08. The molecule has 0 N–H and O–H groups in total. The fraction of sp³-hybridized carbons (Fsp3) is 0.421. The number of benzene rings is 1. The van der Waals surface area contributed by atoms with Crippen molar-refractivity contribution in [2.24, 2.45) is 0 Å². The number of halogens is 2. The molecule has 2 aromatic rings. The molecule has 1 heterocycles. The summed E-state index contributed by atoms with van der Waals surface area (Å²) in [4.78, 5) is 27.4. The van der Waals surface area contributed by atoms with Gasteiger partial charge in [-0.15, -0.1) is 0 Å². The molecule has 6 nitrogen and oxygen atoms in total. The van der Waals surface area contributed by atoms with E-state index in [1.54, 1.807) is 42.8 Å². The lowest BCUT2D eigenvalue weighted by Crippen LogP contribution is -2.40. The second-order valence-electron chi connectivity index (χ2n) is 5.94. The first kappa shape index (κ1) is 21.3. The van der Waals surface area contributed by atoms with Crippen LogP contribution in [0.3, 0.4) is 0 Å². The van der Waals surface area contributed by atoms with Gasteiger partial charge in [0.2, 0.25) is 0 Å². The highest BCUT2D eigenvalue weighted by Crippen LogP contribution is 2.29. The van der Waals surface area contributed by atoms with Crippen LogP contribution in [0.2, 0.25) is 10.0 Å². The lowest BCUT2D eigenvalue weighted by Gasteiger charge is -2.29. The molecule has 1 aromatic heterocycles. The molecule has 1 aromatic carbocycles. The molecule has 0 radical (unpaired) electrons. The van der Waals surface area contributed by atoms with Crippen molar-refractivity contribution in [3.8, 4) is 0 Å². The molecule has 0 saturated heterocycles. The minimum absolute atomic E-state index is 0.196. The predicted octanol–water partition coefficient (Wildman–Crippen LogP) is 4.28. The number of hydrogen-bond donors (Lipinski definition) is 0. The molecule has 8 heteroatoms. The summed E-state index contributed by atoms with van der Waals surface area (Å²) in [6, 6.07) is 5.56. The first-order chi connectivity index (χ1) is 12.8. The summed E-state index contributed by atoms with van der Waals surface area (Å²) in [6.07, 6.45) is 0. The molecular formula is C19H23Cl2N3O3. The third-order valence-corrected chi connectivity index (χ3v) is 4.48. The van der Waals surface area contributed by atoms with Crippen LogP contribution in [0.25, 0.3) is 0 Å². The SMILES string of the molecule is CCOC(=O)C(c1cc(Cl)cc(Cl)c1)N(CC)C(=O)c1cc(C)nn1CC. The van der Waals surface area contributed by atoms with Crippen LogP contribution in [0.5, 0.6) is 0 Å². The number of aromatic nitrogens is 2. The van der Waals surface area contributed by atoms with Crippen LogP contribution in [0, 0.1) is 6.92 Å². The molecule has 0 aliphatic carbocycles. The molecular weight excluding hydrogens is 389 g/mol. The number of carbonyl (C=O) groups excluding carboxylic acids is 2. The number of likely N-dealkylation sites (N-methyl/N-ethyl adjacent to an activating group) is 1. The standard InChI is InChI=1S/C19H23Cl2N3O3/c1-5-23(18(25)16-8-12(4)22-24(16)6-2)17(19(26)27-7-3)13-9-14(20)11-15(21)10-13/h8-11,17H,5-7H2,1-4H3. The van der Waals surface area contributed by atoms with Crippen molar-refractivity contribution in [3.63, 3.8) is 0 Å². The normalized spacial score (nSPS) is 11.9. The zero-order valence-corrected chi connectivity index (χ0v) is 17.3. The summed E-state index contributed by atoms with van der Waals surface area (Å²) in [5.74, 6) is -0.848. The van der Waals surface area contributed by atoms with Gasteiger partial charge in [0.15, 0.2) is 6.04 Å². The third-order valence-electron chi connectivity index (χ3n) is 4.04. The molecule has 1 unspecified atom stereocenters. The Balaban J connectivity index is 2.53. The van der Waals surface area contributed by atoms with E-state index in [-0.39, 0.29) is 12.5 Å². The van der Waals surface area contributed by atoms with Crippen LogP contribution in [0.15, 0.2) is 24.3 Å². The summed E-state index contributed by atoms with van der Waals surface area (Å²) in [7, 11) is 0. The number of rotatable bonds is 7. The van der Waals surface area contributed by atoms with E-state index in [1.807, 2.05) is 13.8 Å². The van der Waals surface area contributed by atoms with Crippen LogP contribution in [-0.2, 0) is 16.1 Å². The van der Waals surface area contributed by atoms with E-state index in [1.165, 1.54) is 4.90 Å². The Morgan fingerprint density at radius 2 is 1.78 bits per heavy atom. The van der Waals surface area contributed by atoms with E-state index in [2.05, 4.69) is 5.10 Å². The largest absolute Gasteiger partial charge is 0.464 e. The molecule has 0 fully saturated rings. The minimum Gasteiger partial charge on any atom is -0.464 e. The molecule has 0 spiro atoms. The number of aryl methyl sites for hydroxylation is 2. The first-order valence-corrected chi connectivity index (χ1v) is 9.55. The summed E-state index contributed by atoms with van der Waals surface area (Å²) < 4.78 is 6.85. The van der Waals surface area contributed by atoms with Crippen LogP contribution in [-0.4, -0.2) is 39.7 Å². The number of amides is 1. The van der Waals surface area contributed by atoms with Gasteiger partial charge in [0.1, 0.15) is 5.69 Å². The van der Waals surface area contributed by atoms with Gasteiger partial charge >= 0.3 is 5.97 Å². The second-order valence-corrected chi connectivity index (χ2v) is 6.81. The van der Waals surface area contributed by atoms with Crippen LogP contribution < -0.4 is 0 Å². The lowest BCUT2D eigenvalue weighted by molar-refractivity contribution is -0.148. The number of ether oxygens (including phenoxy) is 1. The van der Waals surface area contributed by atoms with Gasteiger partial charge in [-0.05, 0) is 57.5 Å². The highest BCUT2D eigenvalue weighted by atomic mass is 35.5. The Morgan fingerprint density at radius 1 is 1.15 bits per heavy atom. The van der Waals surface area contributed by atoms with Gasteiger partial charge in [-0.25, -0.2) is 4.79 Å². The molecule has 27 heavy (non-hydrogen) atoms. The second kappa shape index (κ2) is 9.24. The zero-order chi connectivity index (χ0) is 20.1. The molecule has 0 aliphatic heterocycles. The Bertz CT molecular complexity index is 815. The van der Waals surface area contributed by atoms with Gasteiger partial charge in [0.25, 0.3) is 5.91 Å². The van der Waals surface area contributed by atoms with Crippen molar-refractivity contribution in [2.45, 2.75) is 40.3 Å².